The fourth-order valence-electron chi connectivity index (χ4n) is 2.05. The van der Waals surface area contributed by atoms with Crippen LogP contribution >= 0.6 is 22.6 Å². The molecule has 19 heavy (non-hydrogen) atoms. The fraction of sp³-hybridized carbons (Fsp3) is 0.733. The first kappa shape index (κ1) is 15.0. The first-order valence-electron chi connectivity index (χ1n) is 7.21. The molecule has 1 aliphatic carbocycles. The lowest BCUT2D eigenvalue weighted by Gasteiger charge is -2.19. The summed E-state index contributed by atoms with van der Waals surface area (Å²) in [7, 11) is 0. The van der Waals surface area contributed by atoms with E-state index in [0.717, 1.165) is 31.0 Å². The fourth-order valence-corrected chi connectivity index (χ4v) is 2.93. The maximum atomic E-state index is 4.83. The van der Waals surface area contributed by atoms with Crippen molar-refractivity contribution >= 4 is 28.4 Å². The van der Waals surface area contributed by atoms with E-state index in [1.54, 1.807) is 0 Å². The first-order chi connectivity index (χ1) is 8.90. The van der Waals surface area contributed by atoms with Crippen LogP contribution in [0.5, 0.6) is 0 Å². The van der Waals surface area contributed by atoms with Crippen LogP contribution in [-0.2, 0) is 6.42 Å². The Hall–Kier alpha value is -0.390. The first-order valence-corrected chi connectivity index (χ1v) is 8.29. The van der Waals surface area contributed by atoms with Crippen molar-refractivity contribution in [2.75, 3.05) is 11.9 Å². The van der Waals surface area contributed by atoms with Crippen LogP contribution in [0.1, 0.15) is 64.4 Å². The minimum Gasteiger partial charge on any atom is -0.369 e. The van der Waals surface area contributed by atoms with Crippen LogP contribution in [0.2, 0.25) is 0 Å². The molecule has 0 aromatic carbocycles. The molecule has 1 aromatic rings. The van der Waals surface area contributed by atoms with E-state index in [9.17, 15) is 0 Å². The van der Waals surface area contributed by atoms with E-state index in [-0.39, 0.29) is 5.41 Å². The molecule has 4 heteroatoms. The Kier molecular flexibility index (Phi) is 4.69. The van der Waals surface area contributed by atoms with Crippen molar-refractivity contribution in [3.8, 4) is 0 Å². The van der Waals surface area contributed by atoms with Crippen LogP contribution in [0.3, 0.4) is 0 Å². The standard InChI is InChI=1S/C15H24IN3/c1-5-8-17-14-12(16)13(10-6-7-10)18-11(19-14)9-15(2,3)4/h10H,5-9H2,1-4H3,(H,17,18,19). The van der Waals surface area contributed by atoms with Gasteiger partial charge in [-0.1, -0.05) is 27.7 Å². The zero-order chi connectivity index (χ0) is 14.0. The highest BCUT2D eigenvalue weighted by Gasteiger charge is 2.29. The van der Waals surface area contributed by atoms with E-state index < -0.39 is 0 Å². The van der Waals surface area contributed by atoms with Crippen molar-refractivity contribution in [3.63, 3.8) is 0 Å². The van der Waals surface area contributed by atoms with E-state index in [1.165, 1.54) is 22.1 Å². The van der Waals surface area contributed by atoms with Gasteiger partial charge in [0, 0.05) is 18.9 Å². The number of hydrogen-bond acceptors (Lipinski definition) is 3. The van der Waals surface area contributed by atoms with Gasteiger partial charge in [-0.05, 0) is 47.3 Å². The molecule has 0 unspecified atom stereocenters. The molecule has 106 valence electrons. The summed E-state index contributed by atoms with van der Waals surface area (Å²) in [5.41, 5.74) is 1.50. The predicted molar refractivity (Wildman–Crippen MR) is 88.7 cm³/mol. The summed E-state index contributed by atoms with van der Waals surface area (Å²) < 4.78 is 1.23. The van der Waals surface area contributed by atoms with Crippen molar-refractivity contribution in [3.05, 3.63) is 15.1 Å². The molecule has 0 atom stereocenters. The number of anilines is 1. The number of rotatable bonds is 5. The monoisotopic (exact) mass is 373 g/mol. The average Bonchev–Trinajstić information content (AvgIpc) is 3.11. The molecule has 1 aromatic heterocycles. The zero-order valence-electron chi connectivity index (χ0n) is 12.4. The van der Waals surface area contributed by atoms with Crippen molar-refractivity contribution in [1.29, 1.82) is 0 Å². The minimum atomic E-state index is 0.232. The van der Waals surface area contributed by atoms with Crippen LogP contribution in [0.15, 0.2) is 0 Å². The quantitative estimate of drug-likeness (QED) is 0.779. The Morgan fingerprint density at radius 3 is 2.47 bits per heavy atom. The molecule has 0 radical (unpaired) electrons. The number of aromatic nitrogens is 2. The molecule has 3 nitrogen and oxygen atoms in total. The van der Waals surface area contributed by atoms with Gasteiger partial charge in [-0.15, -0.1) is 0 Å². The third-order valence-corrected chi connectivity index (χ3v) is 4.18. The van der Waals surface area contributed by atoms with E-state index >= 15 is 0 Å². The summed E-state index contributed by atoms with van der Waals surface area (Å²) in [5.74, 6) is 2.71. The average molecular weight is 373 g/mol. The summed E-state index contributed by atoms with van der Waals surface area (Å²) in [5, 5.41) is 3.45. The number of nitrogens with one attached hydrogen (secondary N) is 1. The Balaban J connectivity index is 2.30. The van der Waals surface area contributed by atoms with Crippen molar-refractivity contribution in [2.45, 2.75) is 59.3 Å². The molecular weight excluding hydrogens is 349 g/mol. The molecular formula is C15H24IN3. The Bertz CT molecular complexity index is 447. The van der Waals surface area contributed by atoms with Crippen LogP contribution < -0.4 is 5.32 Å². The van der Waals surface area contributed by atoms with Gasteiger partial charge < -0.3 is 5.32 Å². The SMILES string of the molecule is CCCNc1nc(CC(C)(C)C)nc(C2CC2)c1I. The van der Waals surface area contributed by atoms with Crippen LogP contribution in [0.4, 0.5) is 5.82 Å². The largest absolute Gasteiger partial charge is 0.369 e. The summed E-state index contributed by atoms with van der Waals surface area (Å²) in [6.45, 7) is 9.88. The van der Waals surface area contributed by atoms with Gasteiger partial charge in [-0.2, -0.15) is 0 Å². The van der Waals surface area contributed by atoms with Gasteiger partial charge in [0.05, 0.1) is 9.26 Å². The Morgan fingerprint density at radius 1 is 1.26 bits per heavy atom. The van der Waals surface area contributed by atoms with Crippen LogP contribution in [-0.4, -0.2) is 16.5 Å². The third-order valence-electron chi connectivity index (χ3n) is 3.12. The predicted octanol–water partition coefficient (Wildman–Crippen LogP) is 4.37. The van der Waals surface area contributed by atoms with Crippen LogP contribution in [0, 0.1) is 8.99 Å². The van der Waals surface area contributed by atoms with Gasteiger partial charge in [0.25, 0.3) is 0 Å². The van der Waals surface area contributed by atoms with Crippen molar-refractivity contribution < 1.29 is 0 Å². The molecule has 1 fully saturated rings. The van der Waals surface area contributed by atoms with Gasteiger partial charge >= 0.3 is 0 Å². The van der Waals surface area contributed by atoms with E-state index in [2.05, 4.69) is 55.6 Å². The highest BCUT2D eigenvalue weighted by atomic mass is 127. The second kappa shape index (κ2) is 5.94. The molecule has 1 heterocycles. The van der Waals surface area contributed by atoms with Gasteiger partial charge in [-0.3, -0.25) is 0 Å². The summed E-state index contributed by atoms with van der Waals surface area (Å²) in [6, 6.07) is 0. The molecule has 0 amide bonds. The Morgan fingerprint density at radius 2 is 1.95 bits per heavy atom. The lowest BCUT2D eigenvalue weighted by molar-refractivity contribution is 0.400. The molecule has 0 spiro atoms. The van der Waals surface area contributed by atoms with Gasteiger partial charge in [0.1, 0.15) is 11.6 Å². The molecule has 0 bridgehead atoms. The lowest BCUT2D eigenvalue weighted by Crippen LogP contribution is -2.16. The smallest absolute Gasteiger partial charge is 0.143 e. The molecule has 1 saturated carbocycles. The lowest BCUT2D eigenvalue weighted by atomic mass is 9.92. The second-order valence-electron chi connectivity index (χ2n) is 6.63. The number of nitrogens with zero attached hydrogens (tertiary/aromatic N) is 2. The van der Waals surface area contributed by atoms with E-state index in [4.69, 9.17) is 9.97 Å². The van der Waals surface area contributed by atoms with Gasteiger partial charge in [-0.25, -0.2) is 9.97 Å². The molecule has 0 saturated heterocycles. The third kappa shape index (κ3) is 4.29. The van der Waals surface area contributed by atoms with E-state index in [0.29, 0.717) is 5.92 Å². The maximum absolute atomic E-state index is 4.83. The second-order valence-corrected chi connectivity index (χ2v) is 7.70. The van der Waals surface area contributed by atoms with E-state index in [1.807, 2.05) is 0 Å². The van der Waals surface area contributed by atoms with Crippen molar-refractivity contribution in [1.82, 2.24) is 9.97 Å². The highest BCUT2D eigenvalue weighted by molar-refractivity contribution is 14.1. The molecule has 0 aliphatic heterocycles. The summed E-state index contributed by atoms with van der Waals surface area (Å²) >= 11 is 2.40. The molecule has 2 rings (SSSR count). The maximum Gasteiger partial charge on any atom is 0.143 e. The van der Waals surface area contributed by atoms with Gasteiger partial charge in [0.2, 0.25) is 0 Å². The topological polar surface area (TPSA) is 37.8 Å². The van der Waals surface area contributed by atoms with Gasteiger partial charge in [0.15, 0.2) is 0 Å². The molecule has 1 N–H and O–H groups in total. The van der Waals surface area contributed by atoms with Crippen molar-refractivity contribution in [2.24, 2.45) is 5.41 Å². The zero-order valence-corrected chi connectivity index (χ0v) is 14.5. The minimum absolute atomic E-state index is 0.232. The summed E-state index contributed by atoms with van der Waals surface area (Å²) in [4.78, 5) is 9.57. The number of halogens is 1. The van der Waals surface area contributed by atoms with Crippen LogP contribution in [0.25, 0.3) is 0 Å². The normalized spacial score (nSPS) is 15.6. The highest BCUT2D eigenvalue weighted by Crippen LogP contribution is 2.42. The Labute approximate surface area is 130 Å². The molecule has 1 aliphatic rings. The number of hydrogen-bond donors (Lipinski definition) is 1. The summed E-state index contributed by atoms with van der Waals surface area (Å²) in [6.07, 6.45) is 4.63.